The number of Topliss-reactive ketones (excluding diaryl/α,β-unsaturated/α-hetero) is 1. The van der Waals surface area contributed by atoms with Crippen molar-refractivity contribution in [1.82, 2.24) is 9.78 Å². The van der Waals surface area contributed by atoms with Crippen LogP contribution in [0.5, 0.6) is 0 Å². The molecule has 0 fully saturated rings. The third-order valence-electron chi connectivity index (χ3n) is 3.72. The van der Waals surface area contributed by atoms with E-state index in [0.717, 1.165) is 0 Å². The van der Waals surface area contributed by atoms with Crippen molar-refractivity contribution in [3.8, 4) is 6.07 Å². The molecule has 0 amide bonds. The normalized spacial score (nSPS) is 11.6. The Morgan fingerprint density at radius 1 is 1.32 bits per heavy atom. The van der Waals surface area contributed by atoms with Gasteiger partial charge in [0, 0.05) is 15.7 Å². The lowest BCUT2D eigenvalue weighted by Crippen LogP contribution is -2.18. The lowest BCUT2D eigenvalue weighted by atomic mass is 10.1. The third kappa shape index (κ3) is 4.84. The molecule has 10 heteroatoms. The van der Waals surface area contributed by atoms with Crippen molar-refractivity contribution in [1.29, 1.82) is 5.26 Å². The number of allylic oxidation sites excluding steroid dienone is 1. The molecule has 2 rings (SSSR count). The molecule has 28 heavy (non-hydrogen) atoms. The summed E-state index contributed by atoms with van der Waals surface area (Å²) in [5.74, 6) is -1.54. The van der Waals surface area contributed by atoms with Crippen molar-refractivity contribution in [2.75, 3.05) is 6.61 Å². The van der Waals surface area contributed by atoms with Crippen molar-refractivity contribution in [2.24, 2.45) is 5.73 Å². The number of nitriles is 1. The molecule has 1 aromatic heterocycles. The van der Waals surface area contributed by atoms with Gasteiger partial charge in [0.1, 0.15) is 22.4 Å². The Hall–Kier alpha value is -2.53. The molecule has 0 bridgehead atoms. The summed E-state index contributed by atoms with van der Waals surface area (Å²) < 4.78 is 6.36. The van der Waals surface area contributed by atoms with E-state index < -0.39 is 18.4 Å². The van der Waals surface area contributed by atoms with Crippen LogP contribution in [0.3, 0.4) is 0 Å². The van der Waals surface area contributed by atoms with Crippen LogP contribution in [0.4, 0.5) is 0 Å². The molecule has 0 atom stereocenters. The van der Waals surface area contributed by atoms with E-state index in [1.807, 2.05) is 0 Å². The van der Waals surface area contributed by atoms with Crippen molar-refractivity contribution in [2.45, 2.75) is 20.4 Å². The number of carbonyl (C=O) groups excluding carboxylic acids is 2. The number of ether oxygens (including phenoxy) is 1. The summed E-state index contributed by atoms with van der Waals surface area (Å²) in [6, 6.07) is 6.66. The number of aryl methyl sites for hydroxylation is 1. The summed E-state index contributed by atoms with van der Waals surface area (Å²) >= 11 is 18.3. The Morgan fingerprint density at radius 2 is 2.00 bits per heavy atom. The van der Waals surface area contributed by atoms with Crippen molar-refractivity contribution >= 4 is 46.6 Å². The van der Waals surface area contributed by atoms with E-state index in [9.17, 15) is 9.59 Å². The second-order valence-corrected chi connectivity index (χ2v) is 7.02. The zero-order valence-corrected chi connectivity index (χ0v) is 17.2. The molecule has 146 valence electrons. The summed E-state index contributed by atoms with van der Waals surface area (Å²) in [6.07, 6.45) is 0. The minimum Gasteiger partial charge on any atom is -0.454 e. The van der Waals surface area contributed by atoms with E-state index in [1.54, 1.807) is 31.2 Å². The smallest absolute Gasteiger partial charge is 0.343 e. The van der Waals surface area contributed by atoms with E-state index in [4.69, 9.17) is 50.5 Å². The van der Waals surface area contributed by atoms with Crippen molar-refractivity contribution in [3.05, 3.63) is 61.5 Å². The average molecular weight is 442 g/mol. The molecule has 0 aliphatic carbocycles. The van der Waals surface area contributed by atoms with Crippen LogP contribution in [0.2, 0.25) is 15.2 Å². The first kappa shape index (κ1) is 21.8. The first-order valence-electron chi connectivity index (χ1n) is 7.89. The largest absolute Gasteiger partial charge is 0.454 e. The van der Waals surface area contributed by atoms with Gasteiger partial charge < -0.3 is 10.5 Å². The van der Waals surface area contributed by atoms with Crippen LogP contribution in [0.1, 0.15) is 28.5 Å². The van der Waals surface area contributed by atoms with Crippen LogP contribution in [0.15, 0.2) is 29.5 Å². The van der Waals surface area contributed by atoms with E-state index in [1.165, 1.54) is 11.6 Å². The van der Waals surface area contributed by atoms with Gasteiger partial charge in [-0.25, -0.2) is 9.48 Å². The van der Waals surface area contributed by atoms with Gasteiger partial charge in [-0.1, -0.05) is 40.9 Å². The fourth-order valence-corrected chi connectivity index (χ4v) is 3.13. The van der Waals surface area contributed by atoms with Crippen LogP contribution >= 0.6 is 34.8 Å². The topological polar surface area (TPSA) is 111 Å². The maximum absolute atomic E-state index is 12.4. The minimum absolute atomic E-state index is 0.0199. The van der Waals surface area contributed by atoms with Gasteiger partial charge in [0.05, 0.1) is 12.2 Å². The zero-order chi connectivity index (χ0) is 21.0. The van der Waals surface area contributed by atoms with E-state index in [-0.39, 0.29) is 28.5 Å². The fraction of sp³-hybridized carbons (Fsp3) is 0.222. The highest BCUT2D eigenvalue weighted by molar-refractivity contribution is 6.35. The SMILES string of the molecule is C/C(N)=C(\C#N)C(=O)COC(=O)c1c(C)nn(Cc2ccc(Cl)cc2Cl)c1Cl. The molecule has 0 unspecified atom stereocenters. The van der Waals surface area contributed by atoms with Crippen molar-refractivity contribution < 1.29 is 14.3 Å². The lowest BCUT2D eigenvalue weighted by molar-refractivity contribution is -0.118. The number of rotatable bonds is 6. The summed E-state index contributed by atoms with van der Waals surface area (Å²) in [5, 5.41) is 14.1. The first-order chi connectivity index (χ1) is 13.1. The van der Waals surface area contributed by atoms with Crippen LogP contribution in [-0.2, 0) is 16.1 Å². The predicted octanol–water partition coefficient (Wildman–Crippen LogP) is 3.68. The number of nitrogens with zero attached hydrogens (tertiary/aromatic N) is 3. The number of ketones is 1. The molecule has 0 saturated heterocycles. The van der Waals surface area contributed by atoms with Crippen LogP contribution in [0, 0.1) is 18.3 Å². The average Bonchev–Trinajstić information content (AvgIpc) is 2.89. The number of halogens is 3. The van der Waals surface area contributed by atoms with Gasteiger partial charge in [-0.05, 0) is 31.5 Å². The molecule has 0 radical (unpaired) electrons. The lowest BCUT2D eigenvalue weighted by Gasteiger charge is -2.07. The molecular weight excluding hydrogens is 427 g/mol. The molecule has 0 aliphatic heterocycles. The Balaban J connectivity index is 2.19. The number of esters is 1. The van der Waals surface area contributed by atoms with Crippen LogP contribution in [-0.4, -0.2) is 28.1 Å². The van der Waals surface area contributed by atoms with Crippen molar-refractivity contribution in [3.63, 3.8) is 0 Å². The van der Waals surface area contributed by atoms with Crippen LogP contribution in [0.25, 0.3) is 0 Å². The number of carbonyl (C=O) groups is 2. The molecule has 0 saturated carbocycles. The Kier molecular flexibility index (Phi) is 7.08. The molecule has 2 aromatic rings. The number of hydrogen-bond donors (Lipinski definition) is 1. The van der Waals surface area contributed by atoms with Crippen LogP contribution < -0.4 is 5.73 Å². The predicted molar refractivity (Wildman–Crippen MR) is 105 cm³/mol. The minimum atomic E-state index is -0.837. The highest BCUT2D eigenvalue weighted by Gasteiger charge is 2.23. The maximum atomic E-state index is 12.4. The van der Waals surface area contributed by atoms with Gasteiger partial charge in [-0.3, -0.25) is 4.79 Å². The monoisotopic (exact) mass is 440 g/mol. The first-order valence-corrected chi connectivity index (χ1v) is 9.02. The summed E-state index contributed by atoms with van der Waals surface area (Å²) in [4.78, 5) is 24.3. The Bertz CT molecular complexity index is 1020. The maximum Gasteiger partial charge on any atom is 0.343 e. The molecule has 1 heterocycles. The summed E-state index contributed by atoms with van der Waals surface area (Å²) in [5.41, 5.74) is 6.28. The number of aromatic nitrogens is 2. The fourth-order valence-electron chi connectivity index (χ4n) is 2.35. The van der Waals surface area contributed by atoms with Gasteiger partial charge in [0.25, 0.3) is 0 Å². The number of nitrogens with two attached hydrogens (primary N) is 1. The Morgan fingerprint density at radius 3 is 2.57 bits per heavy atom. The second kappa shape index (κ2) is 9.11. The van der Waals surface area contributed by atoms with E-state index in [2.05, 4.69) is 5.10 Å². The Labute approximate surface area is 176 Å². The third-order valence-corrected chi connectivity index (χ3v) is 4.70. The highest BCUT2D eigenvalue weighted by atomic mass is 35.5. The standard InChI is InChI=1S/C18H15Cl3N4O3/c1-9(23)13(6-22)15(26)8-28-18(27)16-10(2)24-25(17(16)21)7-11-3-4-12(19)5-14(11)20/h3-5H,7-8,23H2,1-2H3/b13-9-. The molecule has 1 aromatic carbocycles. The summed E-state index contributed by atoms with van der Waals surface area (Å²) in [7, 11) is 0. The van der Waals surface area contributed by atoms with E-state index >= 15 is 0 Å². The van der Waals surface area contributed by atoms with Gasteiger partial charge in [-0.15, -0.1) is 0 Å². The molecular formula is C18H15Cl3N4O3. The zero-order valence-electron chi connectivity index (χ0n) is 14.9. The molecule has 2 N–H and O–H groups in total. The van der Waals surface area contributed by atoms with Gasteiger partial charge in [-0.2, -0.15) is 10.4 Å². The van der Waals surface area contributed by atoms with E-state index in [0.29, 0.717) is 21.3 Å². The van der Waals surface area contributed by atoms with Gasteiger partial charge in [0.2, 0.25) is 5.78 Å². The summed E-state index contributed by atoms with van der Waals surface area (Å²) in [6.45, 7) is 2.55. The van der Waals surface area contributed by atoms with Gasteiger partial charge in [0.15, 0.2) is 6.61 Å². The highest BCUT2D eigenvalue weighted by Crippen LogP contribution is 2.26. The molecule has 0 aliphatic rings. The number of hydrogen-bond acceptors (Lipinski definition) is 6. The van der Waals surface area contributed by atoms with Gasteiger partial charge >= 0.3 is 5.97 Å². The quantitative estimate of drug-likeness (QED) is 0.416. The number of benzene rings is 1. The second-order valence-electron chi connectivity index (χ2n) is 5.81. The molecule has 7 nitrogen and oxygen atoms in total. The molecule has 0 spiro atoms.